The Bertz CT molecular complexity index is 1120. The Morgan fingerprint density at radius 1 is 1.08 bits per heavy atom. The van der Waals surface area contributed by atoms with Gasteiger partial charge in [0.2, 0.25) is 5.91 Å². The standard InChI is InChI=1S/C28H39N3O6S/c1-18-9-7-8-10-21(18)29-25(34)24(20-11-12-23(33)19(2)17-20)31(14-15-32)26(35)22(13-16-38-6)30-27(36)37-28(3,4)5/h7-12,17,22,24,32-33H,13-16H2,1-6H3,(H,29,34)(H,30,36). The van der Waals surface area contributed by atoms with Crippen molar-refractivity contribution in [2.75, 3.05) is 30.5 Å². The lowest BCUT2D eigenvalue weighted by Gasteiger charge is -2.34. The van der Waals surface area contributed by atoms with Gasteiger partial charge in [-0.05, 0) is 87.9 Å². The molecule has 0 aliphatic heterocycles. The van der Waals surface area contributed by atoms with Crippen LogP contribution in [0.3, 0.4) is 0 Å². The number of benzene rings is 2. The molecule has 0 aliphatic rings. The highest BCUT2D eigenvalue weighted by atomic mass is 32.2. The lowest BCUT2D eigenvalue weighted by molar-refractivity contribution is -0.141. The molecule has 2 aromatic rings. The van der Waals surface area contributed by atoms with Gasteiger partial charge in [0.25, 0.3) is 5.91 Å². The number of phenolic OH excluding ortho intramolecular Hbond substituents is 1. The summed E-state index contributed by atoms with van der Waals surface area (Å²) in [6, 6.07) is 9.79. The molecular formula is C28H39N3O6S. The number of nitrogens with one attached hydrogen (secondary N) is 2. The molecule has 0 aliphatic carbocycles. The molecule has 208 valence electrons. The van der Waals surface area contributed by atoms with Crippen LogP contribution in [0.2, 0.25) is 0 Å². The number of carbonyl (C=O) groups excluding carboxylic acids is 3. The second kappa shape index (κ2) is 14.1. The molecule has 0 fully saturated rings. The first-order valence-electron chi connectivity index (χ1n) is 12.4. The number of phenols is 1. The number of thioether (sulfide) groups is 1. The number of rotatable bonds is 11. The van der Waals surface area contributed by atoms with Crippen LogP contribution in [-0.4, -0.2) is 69.8 Å². The molecular weight excluding hydrogens is 506 g/mol. The van der Waals surface area contributed by atoms with Crippen molar-refractivity contribution >= 4 is 35.4 Å². The fourth-order valence-corrected chi connectivity index (χ4v) is 4.32. The Morgan fingerprint density at radius 2 is 1.76 bits per heavy atom. The molecule has 2 atom stereocenters. The number of hydrogen-bond acceptors (Lipinski definition) is 7. The highest BCUT2D eigenvalue weighted by molar-refractivity contribution is 7.98. The van der Waals surface area contributed by atoms with E-state index in [2.05, 4.69) is 10.6 Å². The maximum Gasteiger partial charge on any atom is 0.408 e. The first-order chi connectivity index (χ1) is 17.9. The summed E-state index contributed by atoms with van der Waals surface area (Å²) in [4.78, 5) is 41.6. The molecule has 3 amide bonds. The average Bonchev–Trinajstić information content (AvgIpc) is 2.83. The maximum atomic E-state index is 13.9. The van der Waals surface area contributed by atoms with Crippen molar-refractivity contribution in [3.05, 3.63) is 59.2 Å². The molecule has 38 heavy (non-hydrogen) atoms. The number of alkyl carbamates (subject to hydrolysis) is 1. The zero-order chi connectivity index (χ0) is 28.5. The van der Waals surface area contributed by atoms with Gasteiger partial charge in [-0.25, -0.2) is 4.79 Å². The minimum Gasteiger partial charge on any atom is -0.508 e. The minimum absolute atomic E-state index is 0.0521. The van der Waals surface area contributed by atoms with Crippen molar-refractivity contribution in [1.82, 2.24) is 10.2 Å². The molecule has 2 aromatic carbocycles. The van der Waals surface area contributed by atoms with E-state index < -0.39 is 42.2 Å². The van der Waals surface area contributed by atoms with Gasteiger partial charge in [0.15, 0.2) is 0 Å². The van der Waals surface area contributed by atoms with Crippen LogP contribution >= 0.6 is 11.8 Å². The number of carbonyl (C=O) groups is 3. The monoisotopic (exact) mass is 545 g/mol. The number of para-hydroxylation sites is 1. The number of hydrogen-bond donors (Lipinski definition) is 4. The number of anilines is 1. The lowest BCUT2D eigenvalue weighted by Crippen LogP contribution is -2.53. The maximum absolute atomic E-state index is 13.9. The normalized spacial score (nSPS) is 12.8. The molecule has 0 spiro atoms. The summed E-state index contributed by atoms with van der Waals surface area (Å²) in [5.74, 6) is -0.407. The van der Waals surface area contributed by atoms with Crippen LogP contribution in [0, 0.1) is 13.8 Å². The van der Waals surface area contributed by atoms with Crippen LogP contribution in [-0.2, 0) is 14.3 Å². The van der Waals surface area contributed by atoms with E-state index in [1.807, 2.05) is 25.3 Å². The van der Waals surface area contributed by atoms with E-state index in [1.165, 1.54) is 22.7 Å². The quantitative estimate of drug-likeness (QED) is 0.334. The summed E-state index contributed by atoms with van der Waals surface area (Å²) in [6.07, 6.45) is 1.43. The molecule has 10 heteroatoms. The SMILES string of the molecule is CSCCC(NC(=O)OC(C)(C)C)C(=O)N(CCO)C(C(=O)Nc1ccccc1C)c1ccc(O)c(C)c1. The second-order valence-corrected chi connectivity index (χ2v) is 11.0. The third-order valence-corrected chi connectivity index (χ3v) is 6.37. The second-order valence-electron chi connectivity index (χ2n) is 9.99. The highest BCUT2D eigenvalue weighted by Crippen LogP contribution is 2.29. The van der Waals surface area contributed by atoms with Crippen LogP contribution in [0.1, 0.15) is 49.9 Å². The van der Waals surface area contributed by atoms with E-state index in [1.54, 1.807) is 52.0 Å². The first kappa shape index (κ1) is 31.0. The van der Waals surface area contributed by atoms with Crippen molar-refractivity contribution in [2.45, 2.75) is 58.7 Å². The van der Waals surface area contributed by atoms with E-state index in [-0.39, 0.29) is 12.3 Å². The number of aryl methyl sites for hydroxylation is 2. The van der Waals surface area contributed by atoms with Gasteiger partial charge in [-0.3, -0.25) is 9.59 Å². The molecule has 2 rings (SSSR count). The summed E-state index contributed by atoms with van der Waals surface area (Å²) >= 11 is 1.51. The van der Waals surface area contributed by atoms with Crippen LogP contribution in [0.15, 0.2) is 42.5 Å². The van der Waals surface area contributed by atoms with Crippen LogP contribution < -0.4 is 10.6 Å². The number of ether oxygens (including phenoxy) is 1. The molecule has 9 nitrogen and oxygen atoms in total. The Kier molecular flexibility index (Phi) is 11.5. The van der Waals surface area contributed by atoms with Gasteiger partial charge in [0, 0.05) is 12.2 Å². The molecule has 0 saturated carbocycles. The van der Waals surface area contributed by atoms with Crippen LogP contribution in [0.4, 0.5) is 10.5 Å². The third kappa shape index (κ3) is 8.95. The fourth-order valence-electron chi connectivity index (χ4n) is 3.85. The Balaban J connectivity index is 2.52. The fraction of sp³-hybridized carbons (Fsp3) is 0.464. The van der Waals surface area contributed by atoms with Gasteiger partial charge in [0.1, 0.15) is 23.4 Å². The van der Waals surface area contributed by atoms with Gasteiger partial charge >= 0.3 is 6.09 Å². The van der Waals surface area contributed by atoms with Crippen molar-refractivity contribution in [1.29, 1.82) is 0 Å². The zero-order valence-corrected chi connectivity index (χ0v) is 23.7. The Labute approximate surface area is 228 Å². The number of nitrogens with zero attached hydrogens (tertiary/aromatic N) is 1. The van der Waals surface area contributed by atoms with Gasteiger partial charge < -0.3 is 30.5 Å². The van der Waals surface area contributed by atoms with E-state index in [9.17, 15) is 24.6 Å². The largest absolute Gasteiger partial charge is 0.508 e. The van der Waals surface area contributed by atoms with Gasteiger partial charge in [-0.15, -0.1) is 0 Å². The number of aromatic hydroxyl groups is 1. The Morgan fingerprint density at radius 3 is 2.34 bits per heavy atom. The van der Waals surface area contributed by atoms with E-state index in [0.29, 0.717) is 29.0 Å². The first-order valence-corrected chi connectivity index (χ1v) is 13.8. The zero-order valence-electron chi connectivity index (χ0n) is 22.9. The smallest absolute Gasteiger partial charge is 0.408 e. The number of aliphatic hydroxyl groups is 1. The molecule has 0 bridgehead atoms. The molecule has 0 heterocycles. The Hall–Kier alpha value is -3.24. The molecule has 0 saturated heterocycles. The van der Waals surface area contributed by atoms with E-state index in [0.717, 1.165) is 5.56 Å². The molecule has 0 radical (unpaired) electrons. The summed E-state index contributed by atoms with van der Waals surface area (Å²) in [6.45, 7) is 8.16. The highest BCUT2D eigenvalue weighted by Gasteiger charge is 2.36. The summed E-state index contributed by atoms with van der Waals surface area (Å²) in [7, 11) is 0. The predicted octanol–water partition coefficient (Wildman–Crippen LogP) is 4.16. The molecule has 4 N–H and O–H groups in total. The predicted molar refractivity (Wildman–Crippen MR) is 150 cm³/mol. The number of amides is 3. The topological polar surface area (TPSA) is 128 Å². The summed E-state index contributed by atoms with van der Waals surface area (Å²) < 4.78 is 5.37. The third-order valence-electron chi connectivity index (χ3n) is 5.72. The van der Waals surface area contributed by atoms with Gasteiger partial charge in [-0.2, -0.15) is 11.8 Å². The van der Waals surface area contributed by atoms with Crippen molar-refractivity contribution in [2.24, 2.45) is 0 Å². The van der Waals surface area contributed by atoms with Crippen LogP contribution in [0.5, 0.6) is 5.75 Å². The van der Waals surface area contributed by atoms with Gasteiger partial charge in [-0.1, -0.05) is 24.3 Å². The summed E-state index contributed by atoms with van der Waals surface area (Å²) in [5, 5.41) is 25.5. The van der Waals surface area contributed by atoms with E-state index in [4.69, 9.17) is 4.74 Å². The summed E-state index contributed by atoms with van der Waals surface area (Å²) in [5.41, 5.74) is 1.64. The number of aliphatic hydroxyl groups excluding tert-OH is 1. The van der Waals surface area contributed by atoms with Crippen molar-refractivity contribution in [3.8, 4) is 5.75 Å². The van der Waals surface area contributed by atoms with Gasteiger partial charge in [0.05, 0.1) is 6.61 Å². The van der Waals surface area contributed by atoms with Crippen LogP contribution in [0.25, 0.3) is 0 Å². The molecule has 0 aromatic heterocycles. The van der Waals surface area contributed by atoms with Crippen molar-refractivity contribution in [3.63, 3.8) is 0 Å². The van der Waals surface area contributed by atoms with Crippen molar-refractivity contribution < 1.29 is 29.3 Å². The van der Waals surface area contributed by atoms with E-state index >= 15 is 0 Å². The average molecular weight is 546 g/mol. The lowest BCUT2D eigenvalue weighted by atomic mass is 9.99. The molecule has 2 unspecified atom stereocenters. The minimum atomic E-state index is -1.15.